The molecule has 2 aliphatic rings. The smallest absolute Gasteiger partial charge is 0.259 e. The second-order valence-corrected chi connectivity index (χ2v) is 11.6. The standard InChI is InChI=1S/C30H36N6O3S/c1-19-18-40-29(33-19)32-16-23-8-9-25(39-4)15-26(23)22-6-5-7-24(14-22)30(3)27(38)36(28(31)34-30)17-21-10-12-35(13-11-21)20(2)37/h5-9,14-15,18,21H,10-13,16-17H2,1-4H3,(H2,31,34)(H,32,33). The molecular formula is C30H36N6O3S. The number of amides is 2. The maximum Gasteiger partial charge on any atom is 0.259 e. The molecule has 2 amide bonds. The monoisotopic (exact) mass is 560 g/mol. The van der Waals surface area contributed by atoms with Crippen LogP contribution in [0.15, 0.2) is 47.8 Å². The Labute approximate surface area is 239 Å². The van der Waals surface area contributed by atoms with Crippen LogP contribution in [0.2, 0.25) is 0 Å². The van der Waals surface area contributed by atoms with E-state index in [2.05, 4.69) is 15.6 Å². The molecular weight excluding hydrogens is 524 g/mol. The summed E-state index contributed by atoms with van der Waals surface area (Å²) >= 11 is 1.58. The van der Waals surface area contributed by atoms with Gasteiger partial charge in [-0.25, -0.2) is 4.98 Å². The van der Waals surface area contributed by atoms with Crippen molar-refractivity contribution in [2.75, 3.05) is 32.1 Å². The summed E-state index contributed by atoms with van der Waals surface area (Å²) in [5.74, 6) is 1.08. The maximum atomic E-state index is 13.8. The van der Waals surface area contributed by atoms with Gasteiger partial charge >= 0.3 is 0 Å². The zero-order valence-corrected chi connectivity index (χ0v) is 24.2. The van der Waals surface area contributed by atoms with Crippen LogP contribution in [0.4, 0.5) is 5.13 Å². The van der Waals surface area contributed by atoms with Gasteiger partial charge in [0.05, 0.1) is 12.8 Å². The number of hydrogen-bond donors (Lipinski definition) is 3. The van der Waals surface area contributed by atoms with Crippen LogP contribution >= 0.6 is 11.3 Å². The summed E-state index contributed by atoms with van der Waals surface area (Å²) in [7, 11) is 1.65. The zero-order valence-electron chi connectivity index (χ0n) is 23.4. The lowest BCUT2D eigenvalue weighted by Crippen LogP contribution is -2.43. The molecule has 1 atom stereocenters. The Morgan fingerprint density at radius 1 is 1.25 bits per heavy atom. The first-order valence-electron chi connectivity index (χ1n) is 13.6. The first kappa shape index (κ1) is 27.6. The third-order valence-electron chi connectivity index (χ3n) is 7.93. The van der Waals surface area contributed by atoms with Crippen LogP contribution in [0.5, 0.6) is 5.75 Å². The third kappa shape index (κ3) is 5.54. The number of aromatic nitrogens is 1. The molecule has 3 aromatic rings. The average molecular weight is 561 g/mol. The summed E-state index contributed by atoms with van der Waals surface area (Å²) in [6.45, 7) is 7.88. The van der Waals surface area contributed by atoms with Crippen molar-refractivity contribution in [1.82, 2.24) is 20.1 Å². The van der Waals surface area contributed by atoms with Crippen LogP contribution in [0.3, 0.4) is 0 Å². The molecule has 10 heteroatoms. The molecule has 2 fully saturated rings. The minimum atomic E-state index is -1.05. The van der Waals surface area contributed by atoms with E-state index in [0.717, 1.165) is 51.7 Å². The topological polar surface area (TPSA) is 111 Å². The number of carbonyl (C=O) groups excluding carboxylic acids is 2. The van der Waals surface area contributed by atoms with Crippen LogP contribution in [0.25, 0.3) is 11.1 Å². The van der Waals surface area contributed by atoms with Crippen molar-refractivity contribution in [3.05, 3.63) is 64.7 Å². The van der Waals surface area contributed by atoms with E-state index in [1.807, 2.05) is 66.6 Å². The van der Waals surface area contributed by atoms with Crippen molar-refractivity contribution < 1.29 is 14.3 Å². The summed E-state index contributed by atoms with van der Waals surface area (Å²) in [6.07, 6.45) is 1.66. The molecule has 0 spiro atoms. The quantitative estimate of drug-likeness (QED) is 0.372. The van der Waals surface area contributed by atoms with E-state index in [-0.39, 0.29) is 23.7 Å². The van der Waals surface area contributed by atoms with E-state index in [9.17, 15) is 9.59 Å². The number of ether oxygens (including phenoxy) is 1. The fourth-order valence-corrected chi connectivity index (χ4v) is 6.18. The van der Waals surface area contributed by atoms with Gasteiger partial charge < -0.3 is 20.3 Å². The number of likely N-dealkylation sites (tertiary alicyclic amines) is 1. The molecule has 3 N–H and O–H groups in total. The van der Waals surface area contributed by atoms with Gasteiger partial charge in [-0.2, -0.15) is 0 Å². The summed E-state index contributed by atoms with van der Waals surface area (Å²) in [5.41, 5.74) is 3.77. The van der Waals surface area contributed by atoms with Gasteiger partial charge in [-0.15, -0.1) is 11.3 Å². The van der Waals surface area contributed by atoms with Gasteiger partial charge in [0.1, 0.15) is 11.3 Å². The van der Waals surface area contributed by atoms with Crippen LogP contribution < -0.4 is 15.4 Å². The number of hydrogen-bond acceptors (Lipinski definition) is 7. The molecule has 210 valence electrons. The summed E-state index contributed by atoms with van der Waals surface area (Å²) < 4.78 is 5.53. The predicted octanol–water partition coefficient (Wildman–Crippen LogP) is 4.58. The van der Waals surface area contributed by atoms with Gasteiger partial charge in [0, 0.05) is 38.5 Å². The minimum absolute atomic E-state index is 0.0887. The lowest BCUT2D eigenvalue weighted by Gasteiger charge is -2.33. The Balaban J connectivity index is 1.37. The van der Waals surface area contributed by atoms with Gasteiger partial charge in [0.15, 0.2) is 11.1 Å². The zero-order chi connectivity index (χ0) is 28.4. The van der Waals surface area contributed by atoms with Crippen molar-refractivity contribution >= 4 is 34.2 Å². The van der Waals surface area contributed by atoms with Gasteiger partial charge in [-0.05, 0) is 73.1 Å². The van der Waals surface area contributed by atoms with Gasteiger partial charge in [-0.3, -0.25) is 19.9 Å². The Morgan fingerprint density at radius 2 is 2.02 bits per heavy atom. The molecule has 0 radical (unpaired) electrons. The highest BCUT2D eigenvalue weighted by atomic mass is 32.1. The highest BCUT2D eigenvalue weighted by Crippen LogP contribution is 2.35. The number of piperidine rings is 1. The largest absolute Gasteiger partial charge is 0.497 e. The molecule has 2 aromatic carbocycles. The van der Waals surface area contributed by atoms with Crippen molar-refractivity contribution in [2.24, 2.45) is 5.92 Å². The van der Waals surface area contributed by atoms with Crippen LogP contribution in [0.1, 0.15) is 43.5 Å². The minimum Gasteiger partial charge on any atom is -0.497 e. The highest BCUT2D eigenvalue weighted by Gasteiger charge is 2.47. The molecule has 3 heterocycles. The van der Waals surface area contributed by atoms with E-state index < -0.39 is 5.54 Å². The van der Waals surface area contributed by atoms with Crippen LogP contribution in [0, 0.1) is 18.3 Å². The predicted molar refractivity (Wildman–Crippen MR) is 158 cm³/mol. The normalized spacial score (nSPS) is 19.6. The van der Waals surface area contributed by atoms with E-state index in [4.69, 9.17) is 10.1 Å². The van der Waals surface area contributed by atoms with Crippen molar-refractivity contribution in [3.8, 4) is 16.9 Å². The van der Waals surface area contributed by atoms with Gasteiger partial charge in [0.2, 0.25) is 5.91 Å². The highest BCUT2D eigenvalue weighted by molar-refractivity contribution is 7.13. The number of nitrogens with one attached hydrogen (secondary N) is 3. The summed E-state index contributed by atoms with van der Waals surface area (Å²) in [4.78, 5) is 33.4. The van der Waals surface area contributed by atoms with Crippen molar-refractivity contribution in [1.29, 1.82) is 5.41 Å². The number of nitrogens with zero attached hydrogens (tertiary/aromatic N) is 3. The molecule has 0 aliphatic carbocycles. The fraction of sp³-hybridized carbons (Fsp3) is 0.400. The number of anilines is 1. The Bertz CT molecular complexity index is 1430. The SMILES string of the molecule is COc1ccc(CNc2nc(C)cs2)c(-c2cccc(C3(C)NC(=N)N(CC4CCN(C(C)=O)CC4)C3=O)c2)c1. The van der Waals surface area contributed by atoms with Crippen molar-refractivity contribution in [3.63, 3.8) is 0 Å². The number of methoxy groups -OCH3 is 1. The van der Waals surface area contributed by atoms with Crippen LogP contribution in [-0.2, 0) is 21.7 Å². The van der Waals surface area contributed by atoms with Crippen molar-refractivity contribution in [2.45, 2.75) is 45.7 Å². The molecule has 2 saturated heterocycles. The second-order valence-electron chi connectivity index (χ2n) is 10.7. The Hall–Kier alpha value is -3.92. The molecule has 40 heavy (non-hydrogen) atoms. The molecule has 0 saturated carbocycles. The molecule has 1 aromatic heterocycles. The van der Waals surface area contributed by atoms with E-state index in [1.54, 1.807) is 30.3 Å². The Morgan fingerprint density at radius 3 is 2.70 bits per heavy atom. The molecule has 1 unspecified atom stereocenters. The van der Waals surface area contributed by atoms with Gasteiger partial charge in [-0.1, -0.05) is 24.3 Å². The van der Waals surface area contributed by atoms with Gasteiger partial charge in [0.25, 0.3) is 5.91 Å². The molecule has 5 rings (SSSR count). The number of thiazole rings is 1. The first-order chi connectivity index (χ1) is 19.2. The van der Waals surface area contributed by atoms with E-state index in [1.165, 1.54) is 0 Å². The molecule has 0 bridgehead atoms. The Kier molecular flexibility index (Phi) is 7.80. The van der Waals surface area contributed by atoms with E-state index in [0.29, 0.717) is 26.2 Å². The average Bonchev–Trinajstić information content (AvgIpc) is 3.47. The summed E-state index contributed by atoms with van der Waals surface area (Å²) in [5, 5.41) is 18.1. The number of benzene rings is 2. The lowest BCUT2D eigenvalue weighted by atomic mass is 9.88. The molecule has 2 aliphatic heterocycles. The van der Waals surface area contributed by atoms with Crippen LogP contribution in [-0.4, -0.2) is 59.3 Å². The third-order valence-corrected chi connectivity index (χ3v) is 8.85. The number of rotatable bonds is 8. The lowest BCUT2D eigenvalue weighted by molar-refractivity contribution is -0.133. The number of guanidine groups is 1. The molecule has 9 nitrogen and oxygen atoms in total. The second kappa shape index (κ2) is 11.3. The first-order valence-corrected chi connectivity index (χ1v) is 14.4. The summed E-state index contributed by atoms with van der Waals surface area (Å²) in [6, 6.07) is 14.0. The fourth-order valence-electron chi connectivity index (χ4n) is 5.50. The number of aryl methyl sites for hydroxylation is 1. The maximum absolute atomic E-state index is 13.8. The van der Waals surface area contributed by atoms with E-state index >= 15 is 0 Å². The number of carbonyl (C=O) groups is 2.